The molecule has 3 N–H and O–H groups in total. The van der Waals surface area contributed by atoms with Crippen LogP contribution in [0.4, 0.5) is 18.0 Å². The third-order valence-electron chi connectivity index (χ3n) is 10.1. The van der Waals surface area contributed by atoms with Gasteiger partial charge in [0.1, 0.15) is 17.7 Å². The quantitative estimate of drug-likeness (QED) is 0.144. The Morgan fingerprint density at radius 2 is 1.43 bits per heavy atom. The number of alkyl carbamates (subject to hydrolysis) is 1. The van der Waals surface area contributed by atoms with Crippen LogP contribution in [0, 0.1) is 0 Å². The van der Waals surface area contributed by atoms with Crippen LogP contribution < -0.4 is 5.32 Å². The van der Waals surface area contributed by atoms with Gasteiger partial charge >= 0.3 is 12.3 Å². The number of benzene rings is 3. The van der Waals surface area contributed by atoms with E-state index in [2.05, 4.69) is 30.0 Å². The SMILES string of the molecule is COC(=O)N[C@@H](C)C(=O)N1CCC[C@H]1c1nc(C(F)(F)F)c(-c2ccc(-c3ccc(-c4cnc([C@@H]5CCCN5C(=O)Cc5ccccc5)[nH]4)cc3)cc2)[nH]1. The third kappa shape index (κ3) is 7.59. The number of rotatable bonds is 9. The van der Waals surface area contributed by atoms with Gasteiger partial charge < -0.3 is 29.8 Å². The van der Waals surface area contributed by atoms with Crippen molar-refractivity contribution in [2.24, 2.45) is 0 Å². The molecule has 4 heterocycles. The summed E-state index contributed by atoms with van der Waals surface area (Å²) in [6.07, 6.45) is -0.670. The Bertz CT molecular complexity index is 2110. The summed E-state index contributed by atoms with van der Waals surface area (Å²) >= 11 is 0. The Balaban J connectivity index is 1.05. The van der Waals surface area contributed by atoms with E-state index in [0.717, 1.165) is 46.6 Å². The summed E-state index contributed by atoms with van der Waals surface area (Å²) in [5.74, 6) is 0.424. The molecule has 5 aromatic rings. The zero-order valence-electron chi connectivity index (χ0n) is 29.8. The maximum atomic E-state index is 14.3. The highest BCUT2D eigenvalue weighted by atomic mass is 19.4. The number of aromatic nitrogens is 4. The first-order valence-electron chi connectivity index (χ1n) is 17.9. The molecule has 54 heavy (non-hydrogen) atoms. The fraction of sp³-hybridized carbons (Fsp3) is 0.325. The van der Waals surface area contributed by atoms with E-state index in [1.807, 2.05) is 59.5 Å². The van der Waals surface area contributed by atoms with E-state index in [-0.39, 0.29) is 23.5 Å². The van der Waals surface area contributed by atoms with Crippen molar-refractivity contribution >= 4 is 17.9 Å². The van der Waals surface area contributed by atoms with Gasteiger partial charge in [0.2, 0.25) is 11.8 Å². The predicted molar refractivity (Wildman–Crippen MR) is 195 cm³/mol. The van der Waals surface area contributed by atoms with Crippen LogP contribution in [0.5, 0.6) is 0 Å². The zero-order chi connectivity index (χ0) is 38.0. The van der Waals surface area contributed by atoms with Gasteiger partial charge in [-0.25, -0.2) is 14.8 Å². The minimum atomic E-state index is -4.74. The Labute approximate surface area is 310 Å². The second-order valence-electron chi connectivity index (χ2n) is 13.6. The number of nitrogens with zero attached hydrogens (tertiary/aromatic N) is 4. The first kappa shape index (κ1) is 36.4. The molecular weight excluding hydrogens is 699 g/mol. The summed E-state index contributed by atoms with van der Waals surface area (Å²) in [6.45, 7) is 2.50. The lowest BCUT2D eigenvalue weighted by atomic mass is 10.0. The third-order valence-corrected chi connectivity index (χ3v) is 10.1. The number of ether oxygens (including phenoxy) is 1. The number of H-pyrrole nitrogens is 2. The first-order valence-corrected chi connectivity index (χ1v) is 17.9. The number of amides is 3. The summed E-state index contributed by atoms with van der Waals surface area (Å²) in [5, 5.41) is 2.42. The number of carbonyl (C=O) groups excluding carboxylic acids is 3. The lowest BCUT2D eigenvalue weighted by Crippen LogP contribution is -2.46. The van der Waals surface area contributed by atoms with Gasteiger partial charge in [-0.1, -0.05) is 78.9 Å². The number of aromatic amines is 2. The van der Waals surface area contributed by atoms with Crippen LogP contribution in [0.1, 0.15) is 67.6 Å². The van der Waals surface area contributed by atoms with E-state index in [1.54, 1.807) is 30.5 Å². The number of hydrogen-bond donors (Lipinski definition) is 3. The first-order chi connectivity index (χ1) is 26.0. The lowest BCUT2D eigenvalue weighted by molar-refractivity contribution is -0.140. The number of imidazole rings is 2. The van der Waals surface area contributed by atoms with Gasteiger partial charge in [0.25, 0.3) is 0 Å². The molecule has 0 aliphatic carbocycles. The molecule has 14 heteroatoms. The molecule has 0 radical (unpaired) electrons. The van der Waals surface area contributed by atoms with Gasteiger partial charge in [-0.05, 0) is 54.9 Å². The Morgan fingerprint density at radius 3 is 2.06 bits per heavy atom. The average molecular weight is 740 g/mol. The summed E-state index contributed by atoms with van der Waals surface area (Å²) in [7, 11) is 1.18. The van der Waals surface area contributed by atoms with Gasteiger partial charge in [0, 0.05) is 18.7 Å². The molecule has 0 unspecified atom stereocenters. The van der Waals surface area contributed by atoms with Crippen molar-refractivity contribution in [3.8, 4) is 33.6 Å². The molecule has 3 aromatic carbocycles. The number of nitrogens with one attached hydrogen (secondary N) is 3. The summed E-state index contributed by atoms with van der Waals surface area (Å²) in [4.78, 5) is 56.2. The van der Waals surface area contributed by atoms with E-state index in [4.69, 9.17) is 0 Å². The number of hydrogen-bond acceptors (Lipinski definition) is 6. The summed E-state index contributed by atoms with van der Waals surface area (Å²) in [6, 6.07) is 22.5. The molecule has 2 aromatic heterocycles. The number of carbonyl (C=O) groups is 3. The standard InChI is InChI=1S/C40H40F3N7O4/c1-24(45-39(53)54-2)38(52)50-21-7-11-32(50)37-47-34(35(48-37)40(41,42)43)29-18-14-27(15-19-29)26-12-16-28(17-13-26)30-23-44-36(46-30)31-10-6-20-49(31)33(51)22-25-8-4-3-5-9-25/h3-5,8-9,12-19,23-24,31-32H,6-7,10-11,20-22H2,1-2H3,(H,44,46)(H,45,53)(H,47,48)/t24-,31-,32-/m0/s1. The molecule has 2 saturated heterocycles. The van der Waals surface area contributed by atoms with E-state index in [9.17, 15) is 27.6 Å². The van der Waals surface area contributed by atoms with Gasteiger partial charge in [-0.15, -0.1) is 0 Å². The highest BCUT2D eigenvalue weighted by Gasteiger charge is 2.41. The summed E-state index contributed by atoms with van der Waals surface area (Å²) < 4.78 is 47.5. The van der Waals surface area contributed by atoms with Crippen molar-refractivity contribution < 1.29 is 32.3 Å². The van der Waals surface area contributed by atoms with Crippen molar-refractivity contribution in [2.75, 3.05) is 20.2 Å². The zero-order valence-corrected chi connectivity index (χ0v) is 29.8. The number of alkyl halides is 3. The minimum Gasteiger partial charge on any atom is -0.453 e. The molecule has 3 atom stereocenters. The van der Waals surface area contributed by atoms with Crippen molar-refractivity contribution in [1.82, 2.24) is 35.1 Å². The molecule has 11 nitrogen and oxygen atoms in total. The molecule has 2 aliphatic heterocycles. The molecule has 2 aliphatic rings. The van der Waals surface area contributed by atoms with Crippen LogP contribution in [0.3, 0.4) is 0 Å². The smallest absolute Gasteiger partial charge is 0.435 e. The maximum absolute atomic E-state index is 14.3. The monoisotopic (exact) mass is 739 g/mol. The van der Waals surface area contributed by atoms with Crippen LogP contribution in [0.25, 0.3) is 33.6 Å². The molecular formula is C40H40F3N7O4. The van der Waals surface area contributed by atoms with E-state index in [0.29, 0.717) is 37.9 Å². The molecule has 0 spiro atoms. The van der Waals surface area contributed by atoms with Gasteiger partial charge in [-0.2, -0.15) is 13.2 Å². The van der Waals surface area contributed by atoms with Crippen LogP contribution in [-0.4, -0.2) is 73.9 Å². The van der Waals surface area contributed by atoms with E-state index >= 15 is 0 Å². The summed E-state index contributed by atoms with van der Waals surface area (Å²) in [5.41, 5.74) is 3.44. The highest BCUT2D eigenvalue weighted by molar-refractivity contribution is 5.86. The fourth-order valence-electron chi connectivity index (χ4n) is 7.37. The van der Waals surface area contributed by atoms with E-state index in [1.165, 1.54) is 18.9 Å². The van der Waals surface area contributed by atoms with Crippen molar-refractivity contribution in [1.29, 1.82) is 0 Å². The van der Waals surface area contributed by atoms with Crippen LogP contribution in [-0.2, 0) is 26.9 Å². The fourth-order valence-corrected chi connectivity index (χ4v) is 7.37. The number of halogens is 3. The second kappa shape index (κ2) is 15.2. The largest absolute Gasteiger partial charge is 0.453 e. The Morgan fingerprint density at radius 1 is 0.833 bits per heavy atom. The number of likely N-dealkylation sites (tertiary alicyclic amines) is 2. The van der Waals surface area contributed by atoms with Crippen LogP contribution in [0.15, 0.2) is 85.1 Å². The maximum Gasteiger partial charge on any atom is 0.435 e. The van der Waals surface area contributed by atoms with Crippen LogP contribution >= 0.6 is 0 Å². The lowest BCUT2D eigenvalue weighted by Gasteiger charge is -2.26. The highest BCUT2D eigenvalue weighted by Crippen LogP contribution is 2.40. The van der Waals surface area contributed by atoms with Crippen LogP contribution in [0.2, 0.25) is 0 Å². The molecule has 0 saturated carbocycles. The topological polar surface area (TPSA) is 136 Å². The van der Waals surface area contributed by atoms with Crippen molar-refractivity contribution in [3.05, 3.63) is 108 Å². The molecule has 280 valence electrons. The van der Waals surface area contributed by atoms with E-state index < -0.39 is 36.0 Å². The van der Waals surface area contributed by atoms with Crippen molar-refractivity contribution in [3.63, 3.8) is 0 Å². The van der Waals surface area contributed by atoms with Gasteiger partial charge in [-0.3, -0.25) is 9.59 Å². The minimum absolute atomic E-state index is 0.0366. The average Bonchev–Trinajstić information content (AvgIpc) is 4.01. The van der Waals surface area contributed by atoms with Crippen molar-refractivity contribution in [2.45, 2.75) is 63.3 Å². The van der Waals surface area contributed by atoms with Gasteiger partial charge in [0.15, 0.2) is 5.69 Å². The molecule has 3 amide bonds. The Hall–Kier alpha value is -5.92. The molecule has 0 bridgehead atoms. The van der Waals surface area contributed by atoms with Gasteiger partial charge in [0.05, 0.1) is 43.2 Å². The Kier molecular flexibility index (Phi) is 10.3. The number of methoxy groups -OCH3 is 1. The predicted octanol–water partition coefficient (Wildman–Crippen LogP) is 7.47. The second-order valence-corrected chi connectivity index (χ2v) is 13.6. The molecule has 2 fully saturated rings. The normalized spacial score (nSPS) is 17.8. The molecule has 7 rings (SSSR count).